The van der Waals surface area contributed by atoms with Crippen LogP contribution in [0.3, 0.4) is 0 Å². The highest BCUT2D eigenvalue weighted by Gasteiger charge is 2.45. The molecule has 2 fully saturated rings. The molecule has 1 heterocycles. The first-order chi connectivity index (χ1) is 12.1. The number of aliphatic carboxylic acids is 1. The summed E-state index contributed by atoms with van der Waals surface area (Å²) >= 11 is 0. The van der Waals surface area contributed by atoms with Gasteiger partial charge in [0.25, 0.3) is 0 Å². The number of nitrogens with zero attached hydrogens (tertiary/aromatic N) is 1. The maximum absolute atomic E-state index is 11.8. The van der Waals surface area contributed by atoms with E-state index in [2.05, 4.69) is 4.90 Å². The Bertz CT molecular complexity index is 607. The molecule has 0 radical (unpaired) electrons. The number of carbonyl (C=O) groups is 1. The maximum Gasteiger partial charge on any atom is 0.320 e. The molecule has 1 aromatic rings. The van der Waals surface area contributed by atoms with Crippen molar-refractivity contribution in [3.63, 3.8) is 0 Å². The molecule has 1 saturated carbocycles. The van der Waals surface area contributed by atoms with E-state index in [1.165, 1.54) is 12.8 Å². The van der Waals surface area contributed by atoms with E-state index < -0.39 is 12.0 Å². The first-order valence-corrected chi connectivity index (χ1v) is 8.86. The Kier molecular flexibility index (Phi) is 5.37. The molecule has 6 heteroatoms. The molecule has 2 aliphatic rings. The lowest BCUT2D eigenvalue weighted by Gasteiger charge is -2.33. The van der Waals surface area contributed by atoms with Gasteiger partial charge in [0.2, 0.25) is 5.75 Å². The quantitative estimate of drug-likeness (QED) is 0.852. The summed E-state index contributed by atoms with van der Waals surface area (Å²) in [5, 5.41) is 9.68. The number of carboxylic acid groups (broad SMARTS) is 1. The summed E-state index contributed by atoms with van der Waals surface area (Å²) in [5.41, 5.74) is 0.979. The number of benzene rings is 1. The Labute approximate surface area is 148 Å². The van der Waals surface area contributed by atoms with Crippen molar-refractivity contribution in [1.29, 1.82) is 0 Å². The van der Waals surface area contributed by atoms with E-state index >= 15 is 0 Å². The van der Waals surface area contributed by atoms with E-state index in [0.29, 0.717) is 35.8 Å². The van der Waals surface area contributed by atoms with Gasteiger partial charge in [-0.15, -0.1) is 0 Å². The first-order valence-electron chi connectivity index (χ1n) is 8.86. The minimum Gasteiger partial charge on any atom is -0.493 e. The van der Waals surface area contributed by atoms with Crippen molar-refractivity contribution in [3.05, 3.63) is 17.7 Å². The molecule has 1 aliphatic carbocycles. The van der Waals surface area contributed by atoms with Crippen LogP contribution < -0.4 is 14.2 Å². The Morgan fingerprint density at radius 3 is 2.32 bits per heavy atom. The fraction of sp³-hybridized carbons (Fsp3) is 0.632. The molecule has 3 rings (SSSR count). The second-order valence-electron chi connectivity index (χ2n) is 6.91. The lowest BCUT2D eigenvalue weighted by atomic mass is 9.84. The molecular formula is C19H27NO5. The predicted molar refractivity (Wildman–Crippen MR) is 93.4 cm³/mol. The molecule has 1 saturated heterocycles. The smallest absolute Gasteiger partial charge is 0.320 e. The maximum atomic E-state index is 11.8. The number of fused-ring (bicyclic) bond motifs is 1. The van der Waals surface area contributed by atoms with Crippen LogP contribution >= 0.6 is 0 Å². The number of ether oxygens (including phenoxy) is 3. The molecule has 138 valence electrons. The minimum absolute atomic E-state index is 0.356. The molecular weight excluding hydrogens is 322 g/mol. The van der Waals surface area contributed by atoms with E-state index in [-0.39, 0.29) is 0 Å². The van der Waals surface area contributed by atoms with Crippen molar-refractivity contribution in [3.8, 4) is 17.2 Å². The summed E-state index contributed by atoms with van der Waals surface area (Å²) in [6.45, 7) is 0.578. The monoisotopic (exact) mass is 349 g/mol. The van der Waals surface area contributed by atoms with Gasteiger partial charge in [0.1, 0.15) is 6.04 Å². The number of methoxy groups -OCH3 is 3. The van der Waals surface area contributed by atoms with E-state index in [9.17, 15) is 9.90 Å². The fourth-order valence-corrected chi connectivity index (χ4v) is 4.46. The lowest BCUT2D eigenvalue weighted by molar-refractivity contribution is -0.142. The van der Waals surface area contributed by atoms with Crippen LogP contribution in [-0.4, -0.2) is 49.4 Å². The third-order valence-electron chi connectivity index (χ3n) is 5.60. The molecule has 0 spiro atoms. The van der Waals surface area contributed by atoms with Crippen molar-refractivity contribution < 1.29 is 24.1 Å². The molecule has 0 aromatic heterocycles. The molecule has 1 aliphatic heterocycles. The minimum atomic E-state index is -0.721. The summed E-state index contributed by atoms with van der Waals surface area (Å²) in [6.07, 6.45) is 5.37. The van der Waals surface area contributed by atoms with Crippen molar-refractivity contribution in [2.24, 2.45) is 5.92 Å². The average Bonchev–Trinajstić information content (AvgIpc) is 2.99. The van der Waals surface area contributed by atoms with Gasteiger partial charge in [0.05, 0.1) is 21.3 Å². The van der Waals surface area contributed by atoms with Gasteiger partial charge in [0.15, 0.2) is 11.5 Å². The second kappa shape index (κ2) is 7.52. The first kappa shape index (κ1) is 17.9. The highest BCUT2D eigenvalue weighted by molar-refractivity contribution is 5.74. The van der Waals surface area contributed by atoms with Gasteiger partial charge in [-0.1, -0.05) is 12.8 Å². The summed E-state index contributed by atoms with van der Waals surface area (Å²) in [6, 6.07) is 3.77. The van der Waals surface area contributed by atoms with Crippen LogP contribution in [0.2, 0.25) is 0 Å². The van der Waals surface area contributed by atoms with Gasteiger partial charge < -0.3 is 19.3 Å². The second-order valence-corrected chi connectivity index (χ2v) is 6.91. The molecule has 0 amide bonds. The fourth-order valence-electron chi connectivity index (χ4n) is 4.46. The predicted octanol–water partition coefficient (Wildman–Crippen LogP) is 2.93. The Morgan fingerprint density at radius 2 is 1.76 bits per heavy atom. The summed E-state index contributed by atoms with van der Waals surface area (Å²) in [4.78, 5) is 13.9. The zero-order chi connectivity index (χ0) is 18.0. The van der Waals surface area contributed by atoms with Crippen LogP contribution in [0.1, 0.15) is 37.7 Å². The third kappa shape index (κ3) is 3.40. The highest BCUT2D eigenvalue weighted by atomic mass is 16.5. The van der Waals surface area contributed by atoms with Crippen molar-refractivity contribution in [2.75, 3.05) is 21.3 Å². The van der Waals surface area contributed by atoms with Gasteiger partial charge in [-0.05, 0) is 42.9 Å². The van der Waals surface area contributed by atoms with Gasteiger partial charge in [-0.3, -0.25) is 9.69 Å². The van der Waals surface area contributed by atoms with Crippen LogP contribution in [-0.2, 0) is 11.3 Å². The number of hydrogen-bond acceptors (Lipinski definition) is 5. The molecule has 6 nitrogen and oxygen atoms in total. The van der Waals surface area contributed by atoms with Gasteiger partial charge >= 0.3 is 5.97 Å². The average molecular weight is 349 g/mol. The van der Waals surface area contributed by atoms with Crippen molar-refractivity contribution in [2.45, 2.75) is 50.7 Å². The molecule has 3 unspecified atom stereocenters. The molecule has 25 heavy (non-hydrogen) atoms. The van der Waals surface area contributed by atoms with Gasteiger partial charge in [-0.2, -0.15) is 0 Å². The zero-order valence-electron chi connectivity index (χ0n) is 15.2. The van der Waals surface area contributed by atoms with E-state index in [0.717, 1.165) is 24.8 Å². The highest BCUT2D eigenvalue weighted by Crippen LogP contribution is 2.42. The van der Waals surface area contributed by atoms with Crippen molar-refractivity contribution >= 4 is 5.97 Å². The van der Waals surface area contributed by atoms with Crippen molar-refractivity contribution in [1.82, 2.24) is 4.90 Å². The largest absolute Gasteiger partial charge is 0.493 e. The van der Waals surface area contributed by atoms with E-state index in [1.54, 1.807) is 21.3 Å². The SMILES string of the molecule is COc1cc(CN2C(C(=O)O)CC3CCCCC32)cc(OC)c1OC. The lowest BCUT2D eigenvalue weighted by Crippen LogP contribution is -2.41. The zero-order valence-corrected chi connectivity index (χ0v) is 15.2. The van der Waals surface area contributed by atoms with Gasteiger partial charge in [0, 0.05) is 12.6 Å². The summed E-state index contributed by atoms with van der Waals surface area (Å²) in [7, 11) is 4.76. The normalized spacial score (nSPS) is 26.1. The number of hydrogen-bond donors (Lipinski definition) is 1. The van der Waals surface area contributed by atoms with E-state index in [4.69, 9.17) is 14.2 Å². The Morgan fingerprint density at radius 1 is 1.12 bits per heavy atom. The summed E-state index contributed by atoms with van der Waals surface area (Å²) < 4.78 is 16.2. The van der Waals surface area contributed by atoms with Crippen LogP contribution in [0.15, 0.2) is 12.1 Å². The third-order valence-corrected chi connectivity index (χ3v) is 5.60. The standard InChI is InChI=1S/C19H27NO5/c1-23-16-8-12(9-17(24-2)18(16)25-3)11-20-14-7-5-4-6-13(14)10-15(20)19(21)22/h8-9,13-15H,4-7,10-11H2,1-3H3,(H,21,22). The number of likely N-dealkylation sites (tertiary alicyclic amines) is 1. The van der Waals surface area contributed by atoms with Crippen LogP contribution in [0.25, 0.3) is 0 Å². The van der Waals surface area contributed by atoms with Crippen LogP contribution in [0.4, 0.5) is 0 Å². The topological polar surface area (TPSA) is 68.2 Å². The molecule has 1 N–H and O–H groups in total. The van der Waals surface area contributed by atoms with Gasteiger partial charge in [-0.25, -0.2) is 0 Å². The Hall–Kier alpha value is -1.95. The van der Waals surface area contributed by atoms with Crippen LogP contribution in [0.5, 0.6) is 17.2 Å². The van der Waals surface area contributed by atoms with E-state index in [1.807, 2.05) is 12.1 Å². The summed E-state index contributed by atoms with van der Waals surface area (Å²) in [5.74, 6) is 1.53. The van der Waals surface area contributed by atoms with Crippen LogP contribution in [0, 0.1) is 5.92 Å². The molecule has 1 aromatic carbocycles. The number of carboxylic acids is 1. The number of rotatable bonds is 6. The molecule has 3 atom stereocenters. The Balaban J connectivity index is 1.90. The molecule has 0 bridgehead atoms.